The minimum absolute atomic E-state index is 0.314. The molecule has 0 unspecified atom stereocenters. The lowest BCUT2D eigenvalue weighted by Crippen LogP contribution is -2.43. The zero-order valence-corrected chi connectivity index (χ0v) is 10.8. The lowest BCUT2D eigenvalue weighted by Gasteiger charge is -2.34. The van der Waals surface area contributed by atoms with E-state index in [-0.39, 0.29) is 6.04 Å². The SMILES string of the molecule is CC(C)CCC1CCN([C@@H](C)C(=O)O)CC1. The van der Waals surface area contributed by atoms with Crippen molar-refractivity contribution in [1.29, 1.82) is 0 Å². The third kappa shape index (κ3) is 4.12. The quantitative estimate of drug-likeness (QED) is 0.785. The number of rotatable bonds is 5. The number of piperidine rings is 1. The van der Waals surface area contributed by atoms with Crippen LogP contribution in [0, 0.1) is 11.8 Å². The van der Waals surface area contributed by atoms with Gasteiger partial charge in [-0.3, -0.25) is 9.69 Å². The molecule has 0 aliphatic carbocycles. The van der Waals surface area contributed by atoms with Crippen molar-refractivity contribution in [3.8, 4) is 0 Å². The van der Waals surface area contributed by atoms with E-state index in [1.54, 1.807) is 6.92 Å². The molecule has 3 nitrogen and oxygen atoms in total. The van der Waals surface area contributed by atoms with E-state index in [0.717, 1.165) is 24.9 Å². The molecule has 1 aliphatic rings. The molecule has 0 saturated carbocycles. The van der Waals surface area contributed by atoms with Gasteiger partial charge in [0.1, 0.15) is 6.04 Å². The second-order valence-corrected chi connectivity index (χ2v) is 5.46. The van der Waals surface area contributed by atoms with Gasteiger partial charge in [-0.2, -0.15) is 0 Å². The van der Waals surface area contributed by atoms with Crippen molar-refractivity contribution in [3.63, 3.8) is 0 Å². The number of nitrogens with zero attached hydrogens (tertiary/aromatic N) is 1. The van der Waals surface area contributed by atoms with Crippen molar-refractivity contribution in [2.75, 3.05) is 13.1 Å². The molecule has 94 valence electrons. The van der Waals surface area contributed by atoms with E-state index in [1.807, 2.05) is 0 Å². The lowest BCUT2D eigenvalue weighted by atomic mass is 9.89. The molecule has 0 aromatic heterocycles. The molecule has 0 aromatic carbocycles. The normalized spacial score (nSPS) is 21.2. The molecule has 3 heteroatoms. The number of likely N-dealkylation sites (tertiary alicyclic amines) is 1. The summed E-state index contributed by atoms with van der Waals surface area (Å²) in [6.45, 7) is 8.23. The summed E-state index contributed by atoms with van der Waals surface area (Å²) in [5, 5.41) is 8.93. The van der Waals surface area contributed by atoms with Crippen LogP contribution in [0.25, 0.3) is 0 Å². The number of hydrogen-bond donors (Lipinski definition) is 1. The van der Waals surface area contributed by atoms with Gasteiger partial charge < -0.3 is 5.11 Å². The monoisotopic (exact) mass is 227 g/mol. The Balaban J connectivity index is 2.25. The van der Waals surface area contributed by atoms with Crippen molar-refractivity contribution in [3.05, 3.63) is 0 Å². The van der Waals surface area contributed by atoms with Gasteiger partial charge in [-0.05, 0) is 44.7 Å². The summed E-state index contributed by atoms with van der Waals surface area (Å²) in [4.78, 5) is 12.9. The first-order valence-electron chi connectivity index (χ1n) is 6.47. The Morgan fingerprint density at radius 3 is 2.31 bits per heavy atom. The summed E-state index contributed by atoms with van der Waals surface area (Å²) in [7, 11) is 0. The molecule has 16 heavy (non-hydrogen) atoms. The first kappa shape index (κ1) is 13.5. The smallest absolute Gasteiger partial charge is 0.320 e. The van der Waals surface area contributed by atoms with E-state index >= 15 is 0 Å². The number of aliphatic carboxylic acids is 1. The second kappa shape index (κ2) is 6.24. The zero-order valence-electron chi connectivity index (χ0n) is 10.8. The highest BCUT2D eigenvalue weighted by molar-refractivity contribution is 5.72. The molecule has 0 aromatic rings. The largest absolute Gasteiger partial charge is 0.480 e. The van der Waals surface area contributed by atoms with E-state index in [1.165, 1.54) is 25.7 Å². The number of carboxylic acid groups (broad SMARTS) is 1. The fraction of sp³-hybridized carbons (Fsp3) is 0.923. The molecule has 0 radical (unpaired) electrons. The summed E-state index contributed by atoms with van der Waals surface area (Å²) in [6, 6.07) is -0.314. The highest BCUT2D eigenvalue weighted by Crippen LogP contribution is 2.24. The maximum absolute atomic E-state index is 10.9. The molecule has 1 fully saturated rings. The van der Waals surface area contributed by atoms with Gasteiger partial charge >= 0.3 is 5.97 Å². The molecular weight excluding hydrogens is 202 g/mol. The van der Waals surface area contributed by atoms with Gasteiger partial charge in [-0.25, -0.2) is 0 Å². The topological polar surface area (TPSA) is 40.5 Å². The van der Waals surface area contributed by atoms with Gasteiger partial charge in [0.15, 0.2) is 0 Å². The van der Waals surface area contributed by atoms with Crippen molar-refractivity contribution in [2.24, 2.45) is 11.8 Å². The van der Waals surface area contributed by atoms with Crippen LogP contribution < -0.4 is 0 Å². The molecule has 1 aliphatic heterocycles. The average Bonchev–Trinajstić information content (AvgIpc) is 2.26. The first-order chi connectivity index (χ1) is 7.50. The second-order valence-electron chi connectivity index (χ2n) is 5.46. The van der Waals surface area contributed by atoms with Gasteiger partial charge in [0.05, 0.1) is 0 Å². The minimum Gasteiger partial charge on any atom is -0.480 e. The summed E-state index contributed by atoms with van der Waals surface area (Å²) < 4.78 is 0. The molecule has 1 rings (SSSR count). The van der Waals surface area contributed by atoms with E-state index in [0.29, 0.717) is 0 Å². The number of carboxylic acids is 1. The Hall–Kier alpha value is -0.570. The highest BCUT2D eigenvalue weighted by Gasteiger charge is 2.25. The summed E-state index contributed by atoms with van der Waals surface area (Å²) >= 11 is 0. The number of carbonyl (C=O) groups is 1. The average molecular weight is 227 g/mol. The van der Waals surface area contributed by atoms with Crippen molar-refractivity contribution >= 4 is 5.97 Å². The van der Waals surface area contributed by atoms with Crippen LogP contribution in [0.5, 0.6) is 0 Å². The molecule has 1 heterocycles. The first-order valence-corrected chi connectivity index (χ1v) is 6.47. The third-order valence-corrected chi connectivity index (χ3v) is 3.71. The van der Waals surface area contributed by atoms with Crippen molar-refractivity contribution in [1.82, 2.24) is 4.90 Å². The fourth-order valence-corrected chi connectivity index (χ4v) is 2.35. The maximum Gasteiger partial charge on any atom is 0.320 e. The van der Waals surface area contributed by atoms with Gasteiger partial charge in [0.25, 0.3) is 0 Å². The fourth-order valence-electron chi connectivity index (χ4n) is 2.35. The Morgan fingerprint density at radius 1 is 1.31 bits per heavy atom. The Kier molecular flexibility index (Phi) is 5.26. The predicted molar refractivity (Wildman–Crippen MR) is 65.5 cm³/mol. The molecular formula is C13H25NO2. The summed E-state index contributed by atoms with van der Waals surface area (Å²) in [6.07, 6.45) is 4.96. The standard InChI is InChI=1S/C13H25NO2/c1-10(2)4-5-12-6-8-14(9-7-12)11(3)13(15)16/h10-12H,4-9H2,1-3H3,(H,15,16)/t11-/m0/s1. The minimum atomic E-state index is -0.694. The molecule has 1 N–H and O–H groups in total. The highest BCUT2D eigenvalue weighted by atomic mass is 16.4. The maximum atomic E-state index is 10.9. The van der Waals surface area contributed by atoms with E-state index in [2.05, 4.69) is 18.7 Å². The summed E-state index contributed by atoms with van der Waals surface area (Å²) in [5.74, 6) is 0.913. The van der Waals surface area contributed by atoms with Crippen molar-refractivity contribution in [2.45, 2.75) is 52.5 Å². The lowest BCUT2D eigenvalue weighted by molar-refractivity contribution is -0.143. The van der Waals surface area contributed by atoms with E-state index in [4.69, 9.17) is 5.11 Å². The van der Waals surface area contributed by atoms with Crippen molar-refractivity contribution < 1.29 is 9.90 Å². The summed E-state index contributed by atoms with van der Waals surface area (Å²) in [5.41, 5.74) is 0. The molecule has 1 saturated heterocycles. The number of hydrogen-bond acceptors (Lipinski definition) is 2. The van der Waals surface area contributed by atoms with E-state index in [9.17, 15) is 4.79 Å². The molecule has 0 bridgehead atoms. The van der Waals surface area contributed by atoms with Gasteiger partial charge in [0.2, 0.25) is 0 Å². The van der Waals surface area contributed by atoms with Crippen LogP contribution >= 0.6 is 0 Å². The van der Waals surface area contributed by atoms with Gasteiger partial charge in [-0.15, -0.1) is 0 Å². The Morgan fingerprint density at radius 2 is 1.88 bits per heavy atom. The van der Waals surface area contributed by atoms with Crippen LogP contribution in [0.3, 0.4) is 0 Å². The zero-order chi connectivity index (χ0) is 12.1. The van der Waals surface area contributed by atoms with Crippen LogP contribution in [-0.4, -0.2) is 35.1 Å². The van der Waals surface area contributed by atoms with Gasteiger partial charge in [0, 0.05) is 0 Å². The Bertz CT molecular complexity index is 220. The third-order valence-electron chi connectivity index (χ3n) is 3.71. The van der Waals surface area contributed by atoms with Crippen LogP contribution in [0.1, 0.15) is 46.5 Å². The van der Waals surface area contributed by atoms with Crippen LogP contribution in [0.2, 0.25) is 0 Å². The molecule has 0 amide bonds. The Labute approximate surface area is 98.8 Å². The van der Waals surface area contributed by atoms with Crippen LogP contribution in [0.15, 0.2) is 0 Å². The predicted octanol–water partition coefficient (Wildman–Crippen LogP) is 2.61. The van der Waals surface area contributed by atoms with Crippen LogP contribution in [0.4, 0.5) is 0 Å². The molecule has 0 spiro atoms. The van der Waals surface area contributed by atoms with E-state index < -0.39 is 5.97 Å². The van der Waals surface area contributed by atoms with Crippen LogP contribution in [-0.2, 0) is 4.79 Å². The molecule has 1 atom stereocenters. The van der Waals surface area contributed by atoms with Gasteiger partial charge in [-0.1, -0.05) is 26.7 Å².